The number of hydrogen-bond acceptors (Lipinski definition) is 3. The van der Waals surface area contributed by atoms with Crippen LogP contribution in [0.15, 0.2) is 0 Å². The number of aliphatic carboxylic acids is 1. The van der Waals surface area contributed by atoms with Crippen LogP contribution in [0.4, 0.5) is 0 Å². The van der Waals surface area contributed by atoms with E-state index in [-0.39, 0.29) is 12.5 Å². The molecule has 1 rings (SSSR count). The molecular formula is C6H10NO2-. The molecule has 0 aliphatic heterocycles. The summed E-state index contributed by atoms with van der Waals surface area (Å²) >= 11 is 0. The van der Waals surface area contributed by atoms with Crippen molar-refractivity contribution in [3.8, 4) is 0 Å². The Bertz CT molecular complexity index is 120. The third-order valence-electron chi connectivity index (χ3n) is 1.63. The molecule has 0 amide bonds. The summed E-state index contributed by atoms with van der Waals surface area (Å²) in [6.45, 7) is 0. The van der Waals surface area contributed by atoms with Crippen molar-refractivity contribution in [2.45, 2.75) is 25.3 Å². The van der Waals surface area contributed by atoms with Crippen LogP contribution in [0.2, 0.25) is 0 Å². The quantitative estimate of drug-likeness (QED) is 0.522. The molecule has 0 radical (unpaired) electrons. The SMILES string of the molecule is NC(CC(=O)[O-])C1CC1. The van der Waals surface area contributed by atoms with Crippen molar-refractivity contribution in [3.05, 3.63) is 0 Å². The van der Waals surface area contributed by atoms with E-state index in [1.54, 1.807) is 0 Å². The first-order valence-electron chi connectivity index (χ1n) is 3.15. The Balaban J connectivity index is 2.17. The molecule has 0 saturated heterocycles. The molecule has 9 heavy (non-hydrogen) atoms. The van der Waals surface area contributed by atoms with Crippen LogP contribution >= 0.6 is 0 Å². The van der Waals surface area contributed by atoms with Gasteiger partial charge in [-0.25, -0.2) is 0 Å². The Labute approximate surface area is 53.9 Å². The second-order valence-electron chi connectivity index (χ2n) is 2.58. The van der Waals surface area contributed by atoms with Gasteiger partial charge in [0.25, 0.3) is 0 Å². The first-order chi connectivity index (χ1) is 4.20. The van der Waals surface area contributed by atoms with Crippen LogP contribution in [0.25, 0.3) is 0 Å². The molecule has 0 aromatic carbocycles. The second-order valence-corrected chi connectivity index (χ2v) is 2.58. The lowest BCUT2D eigenvalue weighted by Crippen LogP contribution is -2.33. The molecule has 1 saturated carbocycles. The van der Waals surface area contributed by atoms with Crippen molar-refractivity contribution >= 4 is 5.97 Å². The van der Waals surface area contributed by atoms with Gasteiger partial charge in [0.15, 0.2) is 0 Å². The molecule has 0 heterocycles. The molecule has 1 aliphatic carbocycles. The van der Waals surface area contributed by atoms with Gasteiger partial charge in [-0.15, -0.1) is 0 Å². The van der Waals surface area contributed by atoms with Gasteiger partial charge in [-0.3, -0.25) is 0 Å². The normalized spacial score (nSPS) is 21.4. The van der Waals surface area contributed by atoms with Crippen molar-refractivity contribution in [1.29, 1.82) is 0 Å². The first kappa shape index (κ1) is 6.55. The Morgan fingerprint density at radius 2 is 2.33 bits per heavy atom. The summed E-state index contributed by atoms with van der Waals surface area (Å²) in [6.07, 6.45) is 2.20. The summed E-state index contributed by atoms with van der Waals surface area (Å²) in [4.78, 5) is 9.95. The number of carboxylic acid groups (broad SMARTS) is 1. The molecule has 0 aromatic heterocycles. The Hall–Kier alpha value is -0.570. The highest BCUT2D eigenvalue weighted by Gasteiger charge is 2.27. The Morgan fingerprint density at radius 3 is 2.67 bits per heavy atom. The van der Waals surface area contributed by atoms with Gasteiger partial charge in [0.1, 0.15) is 0 Å². The largest absolute Gasteiger partial charge is 0.550 e. The molecule has 0 bridgehead atoms. The fourth-order valence-corrected chi connectivity index (χ4v) is 0.883. The zero-order valence-electron chi connectivity index (χ0n) is 5.17. The van der Waals surface area contributed by atoms with E-state index >= 15 is 0 Å². The van der Waals surface area contributed by atoms with Crippen LogP contribution in [0, 0.1) is 5.92 Å². The minimum absolute atomic E-state index is 0.0185. The second kappa shape index (κ2) is 2.35. The van der Waals surface area contributed by atoms with Gasteiger partial charge in [-0.1, -0.05) is 0 Å². The number of carbonyl (C=O) groups is 1. The molecule has 1 atom stereocenters. The lowest BCUT2D eigenvalue weighted by Gasteiger charge is -2.09. The summed E-state index contributed by atoms with van der Waals surface area (Å²) in [5.41, 5.74) is 5.46. The highest BCUT2D eigenvalue weighted by molar-refractivity contribution is 5.65. The number of carboxylic acids is 1. The van der Waals surface area contributed by atoms with E-state index in [2.05, 4.69) is 0 Å². The van der Waals surface area contributed by atoms with Crippen molar-refractivity contribution in [3.63, 3.8) is 0 Å². The van der Waals surface area contributed by atoms with E-state index in [1.165, 1.54) is 0 Å². The van der Waals surface area contributed by atoms with Crippen molar-refractivity contribution < 1.29 is 9.90 Å². The average Bonchev–Trinajstić information content (AvgIpc) is 2.40. The third-order valence-corrected chi connectivity index (χ3v) is 1.63. The standard InChI is InChI=1S/C6H11NO2/c7-5(3-6(8)9)4-1-2-4/h4-5H,1-3,7H2,(H,8,9)/p-1. The number of nitrogens with two attached hydrogens (primary N) is 1. The van der Waals surface area contributed by atoms with Crippen LogP contribution in [0.1, 0.15) is 19.3 Å². The van der Waals surface area contributed by atoms with E-state index in [0.29, 0.717) is 5.92 Å². The molecule has 3 nitrogen and oxygen atoms in total. The van der Waals surface area contributed by atoms with Crippen molar-refractivity contribution in [2.24, 2.45) is 11.7 Å². The van der Waals surface area contributed by atoms with Crippen LogP contribution in [-0.2, 0) is 4.79 Å². The van der Waals surface area contributed by atoms with Crippen molar-refractivity contribution in [2.75, 3.05) is 0 Å². The molecule has 1 fully saturated rings. The smallest absolute Gasteiger partial charge is 0.0429 e. The fraction of sp³-hybridized carbons (Fsp3) is 0.833. The molecule has 52 valence electrons. The van der Waals surface area contributed by atoms with E-state index in [0.717, 1.165) is 12.8 Å². The molecular weight excluding hydrogens is 118 g/mol. The topological polar surface area (TPSA) is 66.2 Å². The highest BCUT2D eigenvalue weighted by atomic mass is 16.4. The van der Waals surface area contributed by atoms with E-state index in [4.69, 9.17) is 5.73 Å². The number of rotatable bonds is 3. The fourth-order valence-electron chi connectivity index (χ4n) is 0.883. The number of hydrogen-bond donors (Lipinski definition) is 1. The van der Waals surface area contributed by atoms with Crippen LogP contribution < -0.4 is 10.8 Å². The van der Waals surface area contributed by atoms with Crippen LogP contribution in [-0.4, -0.2) is 12.0 Å². The molecule has 2 N–H and O–H groups in total. The molecule has 0 aromatic rings. The van der Waals surface area contributed by atoms with Gasteiger partial charge >= 0.3 is 0 Å². The Morgan fingerprint density at radius 1 is 1.78 bits per heavy atom. The van der Waals surface area contributed by atoms with Gasteiger partial charge in [0, 0.05) is 18.4 Å². The maximum absolute atomic E-state index is 9.95. The summed E-state index contributed by atoms with van der Waals surface area (Å²) < 4.78 is 0. The zero-order valence-corrected chi connectivity index (χ0v) is 5.17. The van der Waals surface area contributed by atoms with Gasteiger partial charge in [-0.2, -0.15) is 0 Å². The monoisotopic (exact) mass is 128 g/mol. The highest BCUT2D eigenvalue weighted by Crippen LogP contribution is 2.32. The summed E-state index contributed by atoms with van der Waals surface area (Å²) in [7, 11) is 0. The van der Waals surface area contributed by atoms with Crippen LogP contribution in [0.5, 0.6) is 0 Å². The Kier molecular flexibility index (Phi) is 1.71. The maximum Gasteiger partial charge on any atom is 0.0429 e. The predicted molar refractivity (Wildman–Crippen MR) is 30.3 cm³/mol. The lowest BCUT2D eigenvalue weighted by atomic mass is 10.1. The molecule has 1 aliphatic rings. The van der Waals surface area contributed by atoms with Crippen molar-refractivity contribution in [1.82, 2.24) is 0 Å². The van der Waals surface area contributed by atoms with E-state index < -0.39 is 5.97 Å². The zero-order chi connectivity index (χ0) is 6.85. The average molecular weight is 128 g/mol. The van der Waals surface area contributed by atoms with Gasteiger partial charge in [-0.05, 0) is 18.8 Å². The third kappa shape index (κ3) is 2.01. The summed E-state index contributed by atoms with van der Waals surface area (Å²) in [6, 6.07) is -0.157. The summed E-state index contributed by atoms with van der Waals surface area (Å²) in [5, 5.41) is 9.95. The summed E-state index contributed by atoms with van der Waals surface area (Å²) in [5.74, 6) is -0.572. The molecule has 1 unspecified atom stereocenters. The lowest BCUT2D eigenvalue weighted by molar-refractivity contribution is -0.306. The molecule has 0 spiro atoms. The minimum Gasteiger partial charge on any atom is -0.550 e. The van der Waals surface area contributed by atoms with E-state index in [1.807, 2.05) is 0 Å². The van der Waals surface area contributed by atoms with Crippen LogP contribution in [0.3, 0.4) is 0 Å². The maximum atomic E-state index is 9.95. The number of carbonyl (C=O) groups excluding carboxylic acids is 1. The minimum atomic E-state index is -1.03. The van der Waals surface area contributed by atoms with Gasteiger partial charge < -0.3 is 15.6 Å². The first-order valence-corrected chi connectivity index (χ1v) is 3.15. The van der Waals surface area contributed by atoms with Gasteiger partial charge in [0.2, 0.25) is 0 Å². The predicted octanol–water partition coefficient (Wildman–Crippen LogP) is -1.14. The van der Waals surface area contributed by atoms with Gasteiger partial charge in [0.05, 0.1) is 0 Å². The molecule has 3 heteroatoms. The van der Waals surface area contributed by atoms with E-state index in [9.17, 15) is 9.90 Å².